The molecule has 1 atom stereocenters. The zero-order valence-electron chi connectivity index (χ0n) is 11.4. The molecule has 3 rings (SSSR count). The fourth-order valence-electron chi connectivity index (χ4n) is 2.94. The average Bonchev–Trinajstić information content (AvgIpc) is 2.85. The molecule has 3 nitrogen and oxygen atoms in total. The van der Waals surface area contributed by atoms with Gasteiger partial charge in [0.1, 0.15) is 0 Å². The van der Waals surface area contributed by atoms with E-state index in [1.165, 1.54) is 44.2 Å². The number of aromatic nitrogens is 2. The highest BCUT2D eigenvalue weighted by Gasteiger charge is 2.21. The zero-order chi connectivity index (χ0) is 12.4. The van der Waals surface area contributed by atoms with Crippen LogP contribution < -0.4 is 5.32 Å². The second-order valence-electron chi connectivity index (χ2n) is 6.22. The summed E-state index contributed by atoms with van der Waals surface area (Å²) in [6.07, 6.45) is 11.4. The Kier molecular flexibility index (Phi) is 3.69. The molecule has 0 bridgehead atoms. The highest BCUT2D eigenvalue weighted by molar-refractivity contribution is 5.01. The smallest absolute Gasteiger partial charge is 0.0627 e. The summed E-state index contributed by atoms with van der Waals surface area (Å²) in [5.74, 6) is 0.692. The van der Waals surface area contributed by atoms with Gasteiger partial charge in [-0.05, 0) is 50.6 Å². The van der Waals surface area contributed by atoms with Gasteiger partial charge >= 0.3 is 0 Å². The molecular formula is C15H25N3. The SMILES string of the molecule is CC(CNC1CC1)Cc1ccn(C2CCCC2)n1. The number of rotatable bonds is 6. The number of nitrogens with one attached hydrogen (secondary N) is 1. The van der Waals surface area contributed by atoms with Gasteiger partial charge in [0.25, 0.3) is 0 Å². The lowest BCUT2D eigenvalue weighted by Crippen LogP contribution is -2.24. The topological polar surface area (TPSA) is 29.9 Å². The van der Waals surface area contributed by atoms with Gasteiger partial charge in [0, 0.05) is 12.2 Å². The van der Waals surface area contributed by atoms with E-state index in [1.54, 1.807) is 0 Å². The summed E-state index contributed by atoms with van der Waals surface area (Å²) < 4.78 is 2.21. The first kappa shape index (κ1) is 12.2. The Morgan fingerprint density at radius 3 is 2.83 bits per heavy atom. The van der Waals surface area contributed by atoms with E-state index in [1.807, 2.05) is 0 Å². The van der Waals surface area contributed by atoms with E-state index < -0.39 is 0 Å². The van der Waals surface area contributed by atoms with Crippen LogP contribution >= 0.6 is 0 Å². The van der Waals surface area contributed by atoms with Gasteiger partial charge in [-0.1, -0.05) is 19.8 Å². The molecule has 18 heavy (non-hydrogen) atoms. The van der Waals surface area contributed by atoms with Crippen LogP contribution in [0.2, 0.25) is 0 Å². The van der Waals surface area contributed by atoms with Gasteiger partial charge in [-0.15, -0.1) is 0 Å². The lowest BCUT2D eigenvalue weighted by atomic mass is 10.1. The molecule has 0 aliphatic heterocycles. The molecule has 0 saturated heterocycles. The Hall–Kier alpha value is -0.830. The third kappa shape index (κ3) is 3.14. The second-order valence-corrected chi connectivity index (χ2v) is 6.22. The molecule has 0 amide bonds. The summed E-state index contributed by atoms with van der Waals surface area (Å²) in [6.45, 7) is 3.46. The van der Waals surface area contributed by atoms with Crippen molar-refractivity contribution < 1.29 is 0 Å². The van der Waals surface area contributed by atoms with Gasteiger partial charge < -0.3 is 5.32 Å². The van der Waals surface area contributed by atoms with Crippen molar-refractivity contribution in [3.63, 3.8) is 0 Å². The monoisotopic (exact) mass is 247 g/mol. The molecular weight excluding hydrogens is 222 g/mol. The van der Waals surface area contributed by atoms with Gasteiger partial charge in [-0.25, -0.2) is 0 Å². The van der Waals surface area contributed by atoms with Crippen molar-refractivity contribution >= 4 is 0 Å². The molecule has 1 aromatic heterocycles. The van der Waals surface area contributed by atoms with Gasteiger partial charge in [0.15, 0.2) is 0 Å². The highest BCUT2D eigenvalue weighted by Crippen LogP contribution is 2.28. The number of hydrogen-bond donors (Lipinski definition) is 1. The Morgan fingerprint density at radius 2 is 2.11 bits per heavy atom. The van der Waals surface area contributed by atoms with Gasteiger partial charge in [0.2, 0.25) is 0 Å². The van der Waals surface area contributed by atoms with Crippen molar-refractivity contribution in [3.05, 3.63) is 18.0 Å². The average molecular weight is 247 g/mol. The molecule has 0 spiro atoms. The number of nitrogens with zero attached hydrogens (tertiary/aromatic N) is 2. The van der Waals surface area contributed by atoms with E-state index in [4.69, 9.17) is 5.10 Å². The quantitative estimate of drug-likeness (QED) is 0.837. The maximum Gasteiger partial charge on any atom is 0.0627 e. The summed E-state index contributed by atoms with van der Waals surface area (Å²) >= 11 is 0. The Balaban J connectivity index is 1.48. The molecule has 100 valence electrons. The van der Waals surface area contributed by atoms with Gasteiger partial charge in [0.05, 0.1) is 11.7 Å². The minimum atomic E-state index is 0.679. The standard InChI is InChI=1S/C15H25N3/c1-12(11-16-13-6-7-13)10-14-8-9-18(17-14)15-4-2-3-5-15/h8-9,12-13,15-16H,2-7,10-11H2,1H3. The highest BCUT2D eigenvalue weighted by atomic mass is 15.3. The summed E-state index contributed by atoms with van der Waals surface area (Å²) in [5.41, 5.74) is 1.27. The van der Waals surface area contributed by atoms with Crippen molar-refractivity contribution in [2.45, 2.75) is 64.0 Å². The molecule has 2 aliphatic rings. The molecule has 1 N–H and O–H groups in total. The van der Waals surface area contributed by atoms with E-state index in [-0.39, 0.29) is 0 Å². The van der Waals surface area contributed by atoms with E-state index in [0.29, 0.717) is 12.0 Å². The van der Waals surface area contributed by atoms with Crippen LogP contribution in [0.3, 0.4) is 0 Å². The molecule has 0 radical (unpaired) electrons. The Morgan fingerprint density at radius 1 is 1.33 bits per heavy atom. The van der Waals surface area contributed by atoms with Crippen molar-refractivity contribution in [2.75, 3.05) is 6.54 Å². The summed E-state index contributed by atoms with van der Waals surface area (Å²) in [5, 5.41) is 8.37. The van der Waals surface area contributed by atoms with Crippen LogP contribution in [0.4, 0.5) is 0 Å². The molecule has 2 fully saturated rings. The van der Waals surface area contributed by atoms with E-state index in [2.05, 4.69) is 29.2 Å². The van der Waals surface area contributed by atoms with Crippen LogP contribution in [0.25, 0.3) is 0 Å². The fourth-order valence-corrected chi connectivity index (χ4v) is 2.94. The molecule has 0 aromatic carbocycles. The van der Waals surface area contributed by atoms with Crippen molar-refractivity contribution in [1.29, 1.82) is 0 Å². The maximum absolute atomic E-state index is 4.76. The third-order valence-corrected chi connectivity index (χ3v) is 4.25. The van der Waals surface area contributed by atoms with Crippen LogP contribution in [-0.2, 0) is 6.42 Å². The van der Waals surface area contributed by atoms with Crippen molar-refractivity contribution in [1.82, 2.24) is 15.1 Å². The van der Waals surface area contributed by atoms with E-state index in [0.717, 1.165) is 19.0 Å². The number of hydrogen-bond acceptors (Lipinski definition) is 2. The minimum Gasteiger partial charge on any atom is -0.314 e. The molecule has 2 aliphatic carbocycles. The third-order valence-electron chi connectivity index (χ3n) is 4.25. The molecule has 3 heteroatoms. The van der Waals surface area contributed by atoms with Crippen LogP contribution in [0.15, 0.2) is 12.3 Å². The summed E-state index contributed by atoms with van der Waals surface area (Å²) in [7, 11) is 0. The van der Waals surface area contributed by atoms with E-state index >= 15 is 0 Å². The van der Waals surface area contributed by atoms with Crippen LogP contribution in [0.5, 0.6) is 0 Å². The first-order valence-electron chi connectivity index (χ1n) is 7.58. The van der Waals surface area contributed by atoms with Crippen LogP contribution in [0.1, 0.15) is 57.2 Å². The zero-order valence-corrected chi connectivity index (χ0v) is 11.4. The maximum atomic E-state index is 4.76. The van der Waals surface area contributed by atoms with Crippen LogP contribution in [0, 0.1) is 5.92 Å². The molecule has 1 unspecified atom stereocenters. The lowest BCUT2D eigenvalue weighted by Gasteiger charge is -2.11. The predicted molar refractivity (Wildman–Crippen MR) is 73.6 cm³/mol. The summed E-state index contributed by atoms with van der Waals surface area (Å²) in [4.78, 5) is 0. The fraction of sp³-hybridized carbons (Fsp3) is 0.800. The molecule has 2 saturated carbocycles. The largest absolute Gasteiger partial charge is 0.314 e. The molecule has 1 heterocycles. The first-order chi connectivity index (χ1) is 8.81. The Labute approximate surface area is 110 Å². The van der Waals surface area contributed by atoms with E-state index in [9.17, 15) is 0 Å². The lowest BCUT2D eigenvalue weighted by molar-refractivity contribution is 0.453. The predicted octanol–water partition coefficient (Wildman–Crippen LogP) is 2.93. The van der Waals surface area contributed by atoms with Crippen LogP contribution in [-0.4, -0.2) is 22.4 Å². The van der Waals surface area contributed by atoms with Gasteiger partial charge in [-0.2, -0.15) is 5.10 Å². The summed E-state index contributed by atoms with van der Waals surface area (Å²) in [6, 6.07) is 3.72. The minimum absolute atomic E-state index is 0.679. The molecule has 1 aromatic rings. The Bertz CT molecular complexity index is 375. The first-order valence-corrected chi connectivity index (χ1v) is 7.58. The van der Waals surface area contributed by atoms with Crippen molar-refractivity contribution in [3.8, 4) is 0 Å². The van der Waals surface area contributed by atoms with Gasteiger partial charge in [-0.3, -0.25) is 4.68 Å². The second kappa shape index (κ2) is 5.43. The normalized spacial score (nSPS) is 22.5. The van der Waals surface area contributed by atoms with Crippen molar-refractivity contribution in [2.24, 2.45) is 5.92 Å².